The fourth-order valence-corrected chi connectivity index (χ4v) is 4.12. The average Bonchev–Trinajstić information content (AvgIpc) is 3.04. The van der Waals surface area contributed by atoms with E-state index >= 15 is 0 Å². The van der Waals surface area contributed by atoms with Crippen LogP contribution in [-0.2, 0) is 10.0 Å². The molecule has 0 saturated carbocycles. The summed E-state index contributed by atoms with van der Waals surface area (Å²) < 4.78 is 67.3. The minimum absolute atomic E-state index is 0.0761. The van der Waals surface area contributed by atoms with E-state index in [0.29, 0.717) is 5.69 Å². The first-order chi connectivity index (χ1) is 13.2. The number of sulfonamides is 1. The highest BCUT2D eigenvalue weighted by molar-refractivity contribution is 7.93. The molecule has 0 spiro atoms. The maximum absolute atomic E-state index is 12.4. The second kappa shape index (κ2) is 7.45. The zero-order valence-corrected chi connectivity index (χ0v) is 15.3. The number of nitrogens with zero attached hydrogens (tertiary/aromatic N) is 3. The van der Waals surface area contributed by atoms with Gasteiger partial charge in [0.1, 0.15) is 22.4 Å². The molecule has 2 heterocycles. The van der Waals surface area contributed by atoms with Gasteiger partial charge in [0, 0.05) is 6.20 Å². The Morgan fingerprint density at radius 2 is 1.86 bits per heavy atom. The summed E-state index contributed by atoms with van der Waals surface area (Å²) in [6.07, 6.45) is -3.38. The van der Waals surface area contributed by atoms with E-state index < -0.39 is 22.1 Å². The number of aromatic nitrogens is 2. The Bertz CT molecular complexity index is 1120. The molecule has 3 aromatic rings. The maximum atomic E-state index is 12.4. The van der Waals surface area contributed by atoms with E-state index in [2.05, 4.69) is 19.4 Å². The number of alkyl halides is 3. The number of nitriles is 1. The van der Waals surface area contributed by atoms with E-state index in [-0.39, 0.29) is 20.6 Å². The summed E-state index contributed by atoms with van der Waals surface area (Å²) in [5.74, 6) is -0.551. The number of pyridine rings is 1. The van der Waals surface area contributed by atoms with Gasteiger partial charge in [-0.2, -0.15) is 5.26 Å². The number of hydrogen-bond acceptors (Lipinski definition) is 7. The lowest BCUT2D eigenvalue weighted by molar-refractivity contribution is -0.274. The second-order valence-corrected chi connectivity index (χ2v) is 7.83. The van der Waals surface area contributed by atoms with Crippen LogP contribution in [0.15, 0.2) is 53.6 Å². The van der Waals surface area contributed by atoms with Gasteiger partial charge in [-0.1, -0.05) is 17.4 Å². The van der Waals surface area contributed by atoms with Crippen molar-refractivity contribution < 1.29 is 26.3 Å². The van der Waals surface area contributed by atoms with Crippen molar-refractivity contribution in [3.8, 4) is 23.2 Å². The summed E-state index contributed by atoms with van der Waals surface area (Å²) in [5, 5.41) is 9.17. The highest BCUT2D eigenvalue weighted by atomic mass is 32.2. The molecule has 0 amide bonds. The molecule has 0 aliphatic carbocycles. The minimum atomic E-state index is -4.88. The molecule has 0 fully saturated rings. The highest BCUT2D eigenvalue weighted by Crippen LogP contribution is 2.31. The van der Waals surface area contributed by atoms with Crippen molar-refractivity contribution in [3.05, 3.63) is 53.5 Å². The number of benzene rings is 1. The van der Waals surface area contributed by atoms with Crippen molar-refractivity contribution in [2.45, 2.75) is 11.3 Å². The summed E-state index contributed by atoms with van der Waals surface area (Å²) in [4.78, 5) is 8.03. The van der Waals surface area contributed by atoms with Crippen LogP contribution in [0.25, 0.3) is 11.4 Å². The third kappa shape index (κ3) is 4.56. The zero-order valence-electron chi connectivity index (χ0n) is 13.6. The molecule has 2 aromatic heterocycles. The third-order valence-electron chi connectivity index (χ3n) is 3.23. The molecule has 0 atom stereocenters. The van der Waals surface area contributed by atoms with Crippen molar-refractivity contribution in [2.75, 3.05) is 4.72 Å². The molecular weight excluding hydrogens is 417 g/mol. The van der Waals surface area contributed by atoms with Gasteiger partial charge in [-0.15, -0.1) is 13.2 Å². The van der Waals surface area contributed by atoms with Crippen LogP contribution in [0.5, 0.6) is 5.75 Å². The van der Waals surface area contributed by atoms with Gasteiger partial charge in [0.25, 0.3) is 10.0 Å². The lowest BCUT2D eigenvalue weighted by atomic mass is 10.2. The molecular formula is C16H9F3N4O3S2. The van der Waals surface area contributed by atoms with Crippen LogP contribution in [0, 0.1) is 11.3 Å². The third-order valence-corrected chi connectivity index (χ3v) is 5.59. The maximum Gasteiger partial charge on any atom is 0.573 e. The van der Waals surface area contributed by atoms with Crippen LogP contribution in [0.3, 0.4) is 0 Å². The van der Waals surface area contributed by atoms with Gasteiger partial charge in [0.05, 0.1) is 10.6 Å². The molecule has 12 heteroatoms. The van der Waals surface area contributed by atoms with Crippen molar-refractivity contribution in [1.82, 2.24) is 9.97 Å². The van der Waals surface area contributed by atoms with E-state index in [1.165, 1.54) is 6.20 Å². The molecule has 7 nitrogen and oxygen atoms in total. The number of ether oxygens (including phenoxy) is 1. The van der Waals surface area contributed by atoms with E-state index in [9.17, 15) is 26.9 Å². The van der Waals surface area contributed by atoms with Crippen LogP contribution in [0.2, 0.25) is 0 Å². The van der Waals surface area contributed by atoms with E-state index in [1.54, 1.807) is 18.2 Å². The van der Waals surface area contributed by atoms with Gasteiger partial charge < -0.3 is 4.74 Å². The number of anilines is 1. The van der Waals surface area contributed by atoms with Crippen LogP contribution >= 0.6 is 11.3 Å². The first-order valence-corrected chi connectivity index (χ1v) is 9.69. The van der Waals surface area contributed by atoms with Gasteiger partial charge in [-0.3, -0.25) is 9.71 Å². The second-order valence-electron chi connectivity index (χ2n) is 5.15. The Kier molecular flexibility index (Phi) is 5.21. The largest absolute Gasteiger partial charge is 0.573 e. The van der Waals surface area contributed by atoms with Gasteiger partial charge in [0.15, 0.2) is 5.13 Å². The first kappa shape index (κ1) is 19.6. The molecule has 1 N–H and O–H groups in total. The zero-order chi connectivity index (χ0) is 20.4. The number of hydrogen-bond donors (Lipinski definition) is 1. The van der Waals surface area contributed by atoms with Crippen molar-refractivity contribution in [1.29, 1.82) is 5.26 Å². The molecule has 28 heavy (non-hydrogen) atoms. The average molecular weight is 426 g/mol. The predicted molar refractivity (Wildman–Crippen MR) is 94.0 cm³/mol. The Hall–Kier alpha value is -3.17. The normalized spacial score (nSPS) is 11.6. The van der Waals surface area contributed by atoms with Gasteiger partial charge in [-0.25, -0.2) is 13.4 Å². The number of rotatable bonds is 5. The van der Waals surface area contributed by atoms with Crippen molar-refractivity contribution in [2.24, 2.45) is 0 Å². The van der Waals surface area contributed by atoms with Crippen LogP contribution in [0.4, 0.5) is 18.3 Å². The summed E-state index contributed by atoms with van der Waals surface area (Å²) >= 11 is 0.811. The van der Waals surface area contributed by atoms with Crippen LogP contribution in [0.1, 0.15) is 4.88 Å². The van der Waals surface area contributed by atoms with Gasteiger partial charge in [-0.05, 0) is 36.4 Å². The first-order valence-electron chi connectivity index (χ1n) is 7.39. The number of nitrogens with one attached hydrogen (secondary N) is 1. The molecule has 0 aliphatic heterocycles. The van der Waals surface area contributed by atoms with Gasteiger partial charge in [0.2, 0.25) is 0 Å². The Balaban J connectivity index is 1.85. The fraction of sp³-hybridized carbons (Fsp3) is 0.0625. The molecule has 144 valence electrons. The summed E-state index contributed by atoms with van der Waals surface area (Å²) in [7, 11) is -4.14. The van der Waals surface area contributed by atoms with Crippen molar-refractivity contribution in [3.63, 3.8) is 0 Å². The lowest BCUT2D eigenvalue weighted by Crippen LogP contribution is -2.17. The summed E-state index contributed by atoms with van der Waals surface area (Å²) in [6, 6.07) is 10.6. The van der Waals surface area contributed by atoms with Crippen LogP contribution in [-0.4, -0.2) is 24.7 Å². The molecule has 0 saturated heterocycles. The molecule has 3 rings (SSSR count). The topological polar surface area (TPSA) is 105 Å². The molecule has 0 aliphatic rings. The monoisotopic (exact) mass is 426 g/mol. The molecule has 1 aromatic carbocycles. The van der Waals surface area contributed by atoms with E-state index in [1.807, 2.05) is 6.07 Å². The van der Waals surface area contributed by atoms with E-state index in [4.69, 9.17) is 0 Å². The fourth-order valence-electron chi connectivity index (χ4n) is 2.11. The number of thiazole rings is 1. The molecule has 0 bridgehead atoms. The lowest BCUT2D eigenvalue weighted by Gasteiger charge is -2.09. The summed E-state index contributed by atoms with van der Waals surface area (Å²) in [5.41, 5.74) is 0.620. The predicted octanol–water partition coefficient (Wildman–Crippen LogP) is 3.78. The quantitative estimate of drug-likeness (QED) is 0.666. The Labute approximate surface area is 161 Å². The number of halogens is 3. The Morgan fingerprint density at radius 3 is 2.43 bits per heavy atom. The molecule has 0 unspecified atom stereocenters. The molecule has 0 radical (unpaired) electrons. The van der Waals surface area contributed by atoms with Crippen LogP contribution < -0.4 is 9.46 Å². The standard InChI is InChI=1S/C16H9F3N4O3S2/c17-16(18,19)26-10-4-6-11(7-5-10)28(24,25)23-15-22-14(13(9-20)27-15)12-3-1-2-8-21-12/h1-8H,(H,22,23). The minimum Gasteiger partial charge on any atom is -0.406 e. The SMILES string of the molecule is N#Cc1sc(NS(=O)(=O)c2ccc(OC(F)(F)F)cc2)nc1-c1ccccn1. The summed E-state index contributed by atoms with van der Waals surface area (Å²) in [6.45, 7) is 0. The highest BCUT2D eigenvalue weighted by Gasteiger charge is 2.31. The van der Waals surface area contributed by atoms with Crippen molar-refractivity contribution >= 4 is 26.5 Å². The Morgan fingerprint density at radius 1 is 1.14 bits per heavy atom. The smallest absolute Gasteiger partial charge is 0.406 e. The van der Waals surface area contributed by atoms with E-state index in [0.717, 1.165) is 35.6 Å². The van der Waals surface area contributed by atoms with Gasteiger partial charge >= 0.3 is 6.36 Å².